The van der Waals surface area contributed by atoms with Gasteiger partial charge >= 0.3 is 6.18 Å². The predicted molar refractivity (Wildman–Crippen MR) is 74.1 cm³/mol. The number of alkyl halides is 3. The maximum atomic E-state index is 13.7. The Bertz CT molecular complexity index is 968. The van der Waals surface area contributed by atoms with Gasteiger partial charge in [0.1, 0.15) is 28.7 Å². The summed E-state index contributed by atoms with van der Waals surface area (Å²) < 4.78 is 65.3. The van der Waals surface area contributed by atoms with Crippen LogP contribution < -0.4 is 5.73 Å². The average Bonchev–Trinajstić information content (AvgIpc) is 2.90. The number of primary amides is 1. The van der Waals surface area contributed by atoms with Crippen molar-refractivity contribution in [2.75, 3.05) is 0 Å². The van der Waals surface area contributed by atoms with E-state index in [9.17, 15) is 26.7 Å². The van der Waals surface area contributed by atoms with Gasteiger partial charge in [-0.15, -0.1) is 0 Å². The molecule has 3 N–H and O–H groups in total. The van der Waals surface area contributed by atoms with E-state index >= 15 is 0 Å². The molecule has 11 heteroatoms. The molecule has 2 heterocycles. The third kappa shape index (κ3) is 3.12. The largest absolute Gasteiger partial charge is 0.433 e. The SMILES string of the molecule is NC(=O)C(c1nccc(C(F)(F)F)n1)c1nc2c(F)cc(F)cc2[nH]1. The summed E-state index contributed by atoms with van der Waals surface area (Å²) in [6.07, 6.45) is -3.95. The van der Waals surface area contributed by atoms with E-state index in [-0.39, 0.29) is 16.9 Å². The lowest BCUT2D eigenvalue weighted by molar-refractivity contribution is -0.141. The van der Waals surface area contributed by atoms with Crippen molar-refractivity contribution in [1.29, 1.82) is 0 Å². The third-order valence-electron chi connectivity index (χ3n) is 3.30. The lowest BCUT2D eigenvalue weighted by atomic mass is 10.1. The molecule has 0 saturated heterocycles. The van der Waals surface area contributed by atoms with Crippen LogP contribution in [0.4, 0.5) is 22.0 Å². The molecule has 130 valence electrons. The van der Waals surface area contributed by atoms with E-state index in [1.165, 1.54) is 0 Å². The highest BCUT2D eigenvalue weighted by molar-refractivity contribution is 5.85. The number of aromatic nitrogens is 4. The van der Waals surface area contributed by atoms with E-state index in [1.54, 1.807) is 0 Å². The van der Waals surface area contributed by atoms with E-state index in [2.05, 4.69) is 19.9 Å². The van der Waals surface area contributed by atoms with E-state index in [1.807, 2.05) is 0 Å². The Kier molecular flexibility index (Phi) is 3.85. The molecule has 1 aromatic carbocycles. The lowest BCUT2D eigenvalue weighted by Crippen LogP contribution is -2.26. The molecule has 0 bridgehead atoms. The van der Waals surface area contributed by atoms with Crippen molar-refractivity contribution >= 4 is 16.9 Å². The predicted octanol–water partition coefficient (Wildman–Crippen LogP) is 2.27. The third-order valence-corrected chi connectivity index (χ3v) is 3.30. The van der Waals surface area contributed by atoms with Gasteiger partial charge in [0.25, 0.3) is 0 Å². The van der Waals surface area contributed by atoms with Crippen molar-refractivity contribution in [2.24, 2.45) is 5.73 Å². The van der Waals surface area contributed by atoms with E-state index in [0.717, 1.165) is 12.3 Å². The molecule has 6 nitrogen and oxygen atoms in total. The summed E-state index contributed by atoms with van der Waals surface area (Å²) in [6, 6.07) is 2.11. The molecule has 0 aliphatic heterocycles. The minimum Gasteiger partial charge on any atom is -0.369 e. The summed E-state index contributed by atoms with van der Waals surface area (Å²) >= 11 is 0. The number of carbonyl (C=O) groups excluding carboxylic acids is 1. The quantitative estimate of drug-likeness (QED) is 0.703. The molecular weight excluding hydrogens is 349 g/mol. The second-order valence-corrected chi connectivity index (χ2v) is 5.04. The van der Waals surface area contributed by atoms with Gasteiger partial charge in [-0.1, -0.05) is 0 Å². The number of hydrogen-bond donors (Lipinski definition) is 2. The second kappa shape index (κ2) is 5.76. The Labute approximate surface area is 135 Å². The van der Waals surface area contributed by atoms with Crippen LogP contribution in [0.1, 0.15) is 23.3 Å². The highest BCUT2D eigenvalue weighted by atomic mass is 19.4. The molecule has 0 radical (unpaired) electrons. The molecular formula is C14H8F5N5O. The number of imidazole rings is 1. The van der Waals surface area contributed by atoms with Crippen molar-refractivity contribution < 1.29 is 26.7 Å². The number of nitrogens with two attached hydrogens (primary N) is 1. The number of benzene rings is 1. The number of H-pyrrole nitrogens is 1. The zero-order chi connectivity index (χ0) is 18.4. The smallest absolute Gasteiger partial charge is 0.369 e. The zero-order valence-corrected chi connectivity index (χ0v) is 12.1. The summed E-state index contributed by atoms with van der Waals surface area (Å²) in [6.45, 7) is 0. The van der Waals surface area contributed by atoms with Gasteiger partial charge in [0.2, 0.25) is 5.91 Å². The first-order chi connectivity index (χ1) is 11.7. The van der Waals surface area contributed by atoms with Gasteiger partial charge in [-0.3, -0.25) is 4.79 Å². The first-order valence-corrected chi connectivity index (χ1v) is 6.71. The van der Waals surface area contributed by atoms with Crippen LogP contribution in [0.5, 0.6) is 0 Å². The summed E-state index contributed by atoms with van der Waals surface area (Å²) in [4.78, 5) is 24.9. The topological polar surface area (TPSA) is 97.6 Å². The number of fused-ring (bicyclic) bond motifs is 1. The highest BCUT2D eigenvalue weighted by Gasteiger charge is 2.35. The first-order valence-electron chi connectivity index (χ1n) is 6.71. The number of hydrogen-bond acceptors (Lipinski definition) is 4. The Balaban J connectivity index is 2.15. The van der Waals surface area contributed by atoms with E-state index < -0.39 is 41.2 Å². The van der Waals surface area contributed by atoms with Gasteiger partial charge in [0.15, 0.2) is 11.7 Å². The van der Waals surface area contributed by atoms with Crippen molar-refractivity contribution in [2.45, 2.75) is 12.1 Å². The number of nitrogens with zero attached hydrogens (tertiary/aromatic N) is 3. The fourth-order valence-corrected chi connectivity index (χ4v) is 2.25. The molecule has 0 fully saturated rings. The summed E-state index contributed by atoms with van der Waals surface area (Å²) in [7, 11) is 0. The van der Waals surface area contributed by atoms with Crippen molar-refractivity contribution in [3.05, 3.63) is 53.4 Å². The van der Waals surface area contributed by atoms with Crippen molar-refractivity contribution in [1.82, 2.24) is 19.9 Å². The van der Waals surface area contributed by atoms with E-state index in [4.69, 9.17) is 5.73 Å². The van der Waals surface area contributed by atoms with Crippen LogP contribution in [-0.4, -0.2) is 25.8 Å². The zero-order valence-electron chi connectivity index (χ0n) is 12.1. The van der Waals surface area contributed by atoms with Crippen LogP contribution >= 0.6 is 0 Å². The normalized spacial score (nSPS) is 13.2. The molecule has 0 aliphatic carbocycles. The maximum absolute atomic E-state index is 13.7. The number of amides is 1. The van der Waals surface area contributed by atoms with Crippen LogP contribution in [-0.2, 0) is 11.0 Å². The maximum Gasteiger partial charge on any atom is 0.433 e. The minimum atomic E-state index is -4.76. The lowest BCUT2D eigenvalue weighted by Gasteiger charge is -2.11. The number of aromatic amines is 1. The Hall–Kier alpha value is -3.11. The number of halogens is 5. The van der Waals surface area contributed by atoms with Gasteiger partial charge in [0, 0.05) is 12.3 Å². The van der Waals surface area contributed by atoms with Crippen LogP contribution in [0, 0.1) is 11.6 Å². The summed E-state index contributed by atoms with van der Waals surface area (Å²) in [5.41, 5.74) is 3.55. The molecule has 0 spiro atoms. The molecule has 1 amide bonds. The Morgan fingerprint density at radius 3 is 2.56 bits per heavy atom. The highest BCUT2D eigenvalue weighted by Crippen LogP contribution is 2.29. The number of rotatable bonds is 3. The minimum absolute atomic E-state index is 0.0919. The van der Waals surface area contributed by atoms with Gasteiger partial charge in [-0.25, -0.2) is 23.7 Å². The molecule has 1 unspecified atom stereocenters. The van der Waals surface area contributed by atoms with Crippen molar-refractivity contribution in [3.63, 3.8) is 0 Å². The molecule has 2 aromatic heterocycles. The molecule has 0 aliphatic rings. The van der Waals surface area contributed by atoms with Crippen LogP contribution in [0.25, 0.3) is 11.0 Å². The fraction of sp³-hybridized carbons (Fsp3) is 0.143. The number of carbonyl (C=O) groups is 1. The molecule has 3 aromatic rings. The second-order valence-electron chi connectivity index (χ2n) is 5.04. The molecule has 1 atom stereocenters. The van der Waals surface area contributed by atoms with Crippen LogP contribution in [0.15, 0.2) is 24.4 Å². The first kappa shape index (κ1) is 16.7. The molecule has 0 saturated carbocycles. The van der Waals surface area contributed by atoms with Gasteiger partial charge in [-0.05, 0) is 12.1 Å². The van der Waals surface area contributed by atoms with Gasteiger partial charge < -0.3 is 10.7 Å². The molecule has 3 rings (SSSR count). The van der Waals surface area contributed by atoms with Gasteiger partial charge in [0.05, 0.1) is 5.52 Å². The molecule has 25 heavy (non-hydrogen) atoms. The number of nitrogens with one attached hydrogen (secondary N) is 1. The average molecular weight is 357 g/mol. The van der Waals surface area contributed by atoms with Gasteiger partial charge in [-0.2, -0.15) is 13.2 Å². The van der Waals surface area contributed by atoms with Crippen LogP contribution in [0.2, 0.25) is 0 Å². The van der Waals surface area contributed by atoms with Crippen molar-refractivity contribution in [3.8, 4) is 0 Å². The standard InChI is InChI=1S/C14H8F5N5O/c15-5-3-6(16)10-7(4-5)22-13(24-10)9(11(20)25)12-21-2-1-8(23-12)14(17,18)19/h1-4,9H,(H2,20,25)(H,22,24). The van der Waals surface area contributed by atoms with Crippen LogP contribution in [0.3, 0.4) is 0 Å². The summed E-state index contributed by atoms with van der Waals surface area (Å²) in [5, 5.41) is 0. The Morgan fingerprint density at radius 2 is 1.92 bits per heavy atom. The van der Waals surface area contributed by atoms with E-state index in [0.29, 0.717) is 12.1 Å². The Morgan fingerprint density at radius 1 is 1.20 bits per heavy atom. The monoisotopic (exact) mass is 357 g/mol. The fourth-order valence-electron chi connectivity index (χ4n) is 2.25. The summed E-state index contributed by atoms with van der Waals surface area (Å²) in [5.74, 6) is -5.48.